The zero-order chi connectivity index (χ0) is 22.6. The quantitative estimate of drug-likeness (QED) is 0.542. The van der Waals surface area contributed by atoms with E-state index >= 15 is 0 Å². The molecule has 3 aromatic rings. The van der Waals surface area contributed by atoms with E-state index in [9.17, 15) is 13.2 Å². The molecule has 166 valence electrons. The summed E-state index contributed by atoms with van der Waals surface area (Å²) >= 11 is 0. The number of nitrogens with one attached hydrogen (secondary N) is 2. The van der Waals surface area contributed by atoms with E-state index in [1.165, 1.54) is 0 Å². The van der Waals surface area contributed by atoms with Crippen LogP contribution in [0.1, 0.15) is 36.8 Å². The number of benzene rings is 3. The number of anilines is 1. The Hall–Kier alpha value is -2.96. The van der Waals surface area contributed by atoms with Gasteiger partial charge in [-0.25, -0.2) is 13.1 Å². The zero-order valence-electron chi connectivity index (χ0n) is 18.2. The Labute approximate surface area is 189 Å². The van der Waals surface area contributed by atoms with Crippen molar-refractivity contribution < 1.29 is 13.2 Å². The average Bonchev–Trinajstić information content (AvgIpc) is 3.30. The van der Waals surface area contributed by atoms with Crippen LogP contribution in [0.25, 0.3) is 11.1 Å². The van der Waals surface area contributed by atoms with Crippen LogP contribution in [0.4, 0.5) is 5.69 Å². The summed E-state index contributed by atoms with van der Waals surface area (Å²) in [5.41, 5.74) is 4.27. The predicted octanol–water partition coefficient (Wildman–Crippen LogP) is 4.85. The highest BCUT2D eigenvalue weighted by Gasteiger charge is 2.42. The third-order valence-electron chi connectivity index (χ3n) is 6.16. The normalized spacial score (nSPS) is 15.4. The standard InChI is InChI=1S/C26H28N2O3S/c1-32(30,31)27-19-20-12-14-21(15-13-20)22-8-7-11-24(18-22)28-25(29)26(16-5-6-17-26)23-9-3-2-4-10-23/h2-4,7-15,18,27H,5-6,16-17,19H2,1H3,(H,28,29). The van der Waals surface area contributed by atoms with Gasteiger partial charge in [0.2, 0.25) is 15.9 Å². The highest BCUT2D eigenvalue weighted by molar-refractivity contribution is 7.88. The van der Waals surface area contributed by atoms with Crippen molar-refractivity contribution in [2.75, 3.05) is 11.6 Å². The van der Waals surface area contributed by atoms with Gasteiger partial charge in [0.15, 0.2) is 0 Å². The van der Waals surface area contributed by atoms with Gasteiger partial charge in [-0.1, -0.05) is 79.6 Å². The van der Waals surface area contributed by atoms with E-state index in [4.69, 9.17) is 0 Å². The number of rotatable bonds is 7. The van der Waals surface area contributed by atoms with Gasteiger partial charge in [-0.15, -0.1) is 0 Å². The second-order valence-corrected chi connectivity index (χ2v) is 10.3. The Balaban J connectivity index is 1.51. The summed E-state index contributed by atoms with van der Waals surface area (Å²) in [5.74, 6) is 0.0561. The van der Waals surface area contributed by atoms with E-state index in [0.717, 1.165) is 59.9 Å². The molecule has 0 radical (unpaired) electrons. The Bertz CT molecular complexity index is 1180. The van der Waals surface area contributed by atoms with Gasteiger partial charge in [0.1, 0.15) is 0 Å². The Morgan fingerprint density at radius 3 is 2.22 bits per heavy atom. The molecular weight excluding hydrogens is 420 g/mol. The van der Waals surface area contributed by atoms with Gasteiger partial charge in [-0.2, -0.15) is 0 Å². The lowest BCUT2D eigenvalue weighted by molar-refractivity contribution is -0.121. The van der Waals surface area contributed by atoms with Crippen molar-refractivity contribution in [2.45, 2.75) is 37.6 Å². The first-order chi connectivity index (χ1) is 15.4. The molecule has 32 heavy (non-hydrogen) atoms. The largest absolute Gasteiger partial charge is 0.325 e. The SMILES string of the molecule is CS(=O)(=O)NCc1ccc(-c2cccc(NC(=O)C3(c4ccccc4)CCCC3)c2)cc1. The first-order valence-electron chi connectivity index (χ1n) is 10.9. The monoisotopic (exact) mass is 448 g/mol. The lowest BCUT2D eigenvalue weighted by atomic mass is 9.78. The molecule has 1 fully saturated rings. The maximum atomic E-state index is 13.4. The molecule has 0 unspecified atom stereocenters. The molecule has 1 saturated carbocycles. The molecule has 1 aliphatic carbocycles. The minimum Gasteiger partial charge on any atom is -0.325 e. The minimum atomic E-state index is -3.22. The van der Waals surface area contributed by atoms with Crippen molar-refractivity contribution in [2.24, 2.45) is 0 Å². The molecule has 0 aromatic heterocycles. The Morgan fingerprint density at radius 2 is 1.56 bits per heavy atom. The highest BCUT2D eigenvalue weighted by Crippen LogP contribution is 2.42. The molecular formula is C26H28N2O3S. The molecule has 1 amide bonds. The van der Waals surface area contributed by atoms with E-state index in [1.807, 2.05) is 66.7 Å². The summed E-state index contributed by atoms with van der Waals surface area (Å²) in [4.78, 5) is 13.4. The van der Waals surface area contributed by atoms with Crippen LogP contribution < -0.4 is 10.0 Å². The number of hydrogen-bond acceptors (Lipinski definition) is 3. The molecule has 0 saturated heterocycles. The van der Waals surface area contributed by atoms with Crippen LogP contribution in [-0.2, 0) is 26.8 Å². The Morgan fingerprint density at radius 1 is 0.875 bits per heavy atom. The average molecular weight is 449 g/mol. The first kappa shape index (κ1) is 22.2. The van der Waals surface area contributed by atoms with Gasteiger partial charge in [-0.05, 0) is 47.2 Å². The first-order valence-corrected chi connectivity index (χ1v) is 12.8. The maximum absolute atomic E-state index is 13.4. The van der Waals surface area contributed by atoms with Gasteiger partial charge in [0.05, 0.1) is 11.7 Å². The summed E-state index contributed by atoms with van der Waals surface area (Å²) in [5, 5.41) is 3.17. The summed E-state index contributed by atoms with van der Waals surface area (Å²) in [6, 6.07) is 25.7. The second kappa shape index (κ2) is 9.27. The van der Waals surface area contributed by atoms with Gasteiger partial charge in [0, 0.05) is 12.2 Å². The van der Waals surface area contributed by atoms with Crippen LogP contribution in [0.3, 0.4) is 0 Å². The van der Waals surface area contributed by atoms with Gasteiger partial charge in [0.25, 0.3) is 0 Å². The number of carbonyl (C=O) groups excluding carboxylic acids is 1. The summed E-state index contributed by atoms with van der Waals surface area (Å²) in [7, 11) is -3.22. The minimum absolute atomic E-state index is 0.0561. The molecule has 5 nitrogen and oxygen atoms in total. The summed E-state index contributed by atoms with van der Waals surface area (Å²) in [6.07, 6.45) is 5.00. The van der Waals surface area contributed by atoms with Crippen molar-refractivity contribution in [3.05, 3.63) is 90.0 Å². The molecule has 0 heterocycles. The molecule has 4 rings (SSSR count). The van der Waals surface area contributed by atoms with Crippen molar-refractivity contribution in [1.82, 2.24) is 4.72 Å². The van der Waals surface area contributed by atoms with Gasteiger partial charge < -0.3 is 5.32 Å². The predicted molar refractivity (Wildman–Crippen MR) is 129 cm³/mol. The molecule has 1 aliphatic rings. The van der Waals surface area contributed by atoms with Gasteiger partial charge >= 0.3 is 0 Å². The Kier molecular flexibility index (Phi) is 6.44. The van der Waals surface area contributed by atoms with Crippen molar-refractivity contribution in [3.63, 3.8) is 0 Å². The van der Waals surface area contributed by atoms with Crippen LogP contribution in [0.5, 0.6) is 0 Å². The number of sulfonamides is 1. The highest BCUT2D eigenvalue weighted by atomic mass is 32.2. The lowest BCUT2D eigenvalue weighted by Crippen LogP contribution is -2.37. The third-order valence-corrected chi connectivity index (χ3v) is 6.83. The molecule has 0 atom stereocenters. The molecule has 0 spiro atoms. The van der Waals surface area contributed by atoms with Crippen molar-refractivity contribution in [1.29, 1.82) is 0 Å². The van der Waals surface area contributed by atoms with E-state index in [0.29, 0.717) is 0 Å². The van der Waals surface area contributed by atoms with E-state index < -0.39 is 15.4 Å². The summed E-state index contributed by atoms with van der Waals surface area (Å²) < 4.78 is 25.1. The number of carbonyl (C=O) groups is 1. The van der Waals surface area contributed by atoms with E-state index in [-0.39, 0.29) is 12.5 Å². The fourth-order valence-corrected chi connectivity index (χ4v) is 4.87. The van der Waals surface area contributed by atoms with Crippen LogP contribution >= 0.6 is 0 Å². The molecule has 0 bridgehead atoms. The molecule has 3 aromatic carbocycles. The lowest BCUT2D eigenvalue weighted by Gasteiger charge is -2.28. The van der Waals surface area contributed by atoms with Crippen molar-refractivity contribution in [3.8, 4) is 11.1 Å². The number of hydrogen-bond donors (Lipinski definition) is 2. The fourth-order valence-electron chi connectivity index (χ4n) is 4.44. The van der Waals surface area contributed by atoms with Crippen LogP contribution in [-0.4, -0.2) is 20.6 Å². The second-order valence-electron chi connectivity index (χ2n) is 8.48. The van der Waals surface area contributed by atoms with Gasteiger partial charge in [-0.3, -0.25) is 4.79 Å². The maximum Gasteiger partial charge on any atom is 0.235 e. The topological polar surface area (TPSA) is 75.3 Å². The molecule has 0 aliphatic heterocycles. The van der Waals surface area contributed by atoms with Crippen molar-refractivity contribution >= 4 is 21.6 Å². The molecule has 2 N–H and O–H groups in total. The van der Waals surface area contributed by atoms with E-state index in [2.05, 4.69) is 22.2 Å². The van der Waals surface area contributed by atoms with Crippen LogP contribution in [0.2, 0.25) is 0 Å². The van der Waals surface area contributed by atoms with Crippen LogP contribution in [0, 0.1) is 0 Å². The fraction of sp³-hybridized carbons (Fsp3) is 0.269. The zero-order valence-corrected chi connectivity index (χ0v) is 19.0. The summed E-state index contributed by atoms with van der Waals surface area (Å²) in [6.45, 7) is 0.261. The smallest absolute Gasteiger partial charge is 0.235 e. The third kappa shape index (κ3) is 5.09. The van der Waals surface area contributed by atoms with Crippen LogP contribution in [0.15, 0.2) is 78.9 Å². The van der Waals surface area contributed by atoms with E-state index in [1.54, 1.807) is 0 Å². The molecule has 6 heteroatoms. The number of amides is 1.